The summed E-state index contributed by atoms with van der Waals surface area (Å²) in [5, 5.41) is 3.17. The topological polar surface area (TPSA) is 35.6 Å². The van der Waals surface area contributed by atoms with Crippen molar-refractivity contribution in [2.45, 2.75) is 25.3 Å². The molecule has 1 saturated heterocycles. The van der Waals surface area contributed by atoms with E-state index in [2.05, 4.69) is 56.3 Å². The number of carbonyl (C=O) groups excluding carboxylic acids is 1. The van der Waals surface area contributed by atoms with Crippen LogP contribution in [0.2, 0.25) is 0 Å². The average Bonchev–Trinajstić information content (AvgIpc) is 3.32. The molecule has 1 fully saturated rings. The van der Waals surface area contributed by atoms with Gasteiger partial charge in [-0.15, -0.1) is 0 Å². The molecule has 0 spiro atoms. The normalized spacial score (nSPS) is 17.8. The molecule has 0 radical (unpaired) electrons. The fourth-order valence-electron chi connectivity index (χ4n) is 4.23. The molecule has 0 bridgehead atoms. The molecule has 0 unspecified atom stereocenters. The Balaban J connectivity index is 1.52. The highest BCUT2D eigenvalue weighted by Gasteiger charge is 2.26. The third kappa shape index (κ3) is 4.04. The van der Waals surface area contributed by atoms with Crippen molar-refractivity contribution in [2.24, 2.45) is 0 Å². The summed E-state index contributed by atoms with van der Waals surface area (Å²) in [6.07, 6.45) is 3.59. The predicted octanol–water partition coefficient (Wildman–Crippen LogP) is 4.01. The molecule has 2 aromatic carbocycles. The van der Waals surface area contributed by atoms with E-state index in [0.29, 0.717) is 12.1 Å². The number of amides is 1. The number of hydrogen-bond acceptors (Lipinski definition) is 3. The summed E-state index contributed by atoms with van der Waals surface area (Å²) in [5.74, 6) is -0.0126. The number of anilines is 1. The van der Waals surface area contributed by atoms with E-state index in [9.17, 15) is 4.79 Å². The monoisotopic (exact) mass is 427 g/mol. The van der Waals surface area contributed by atoms with E-state index >= 15 is 0 Å². The Hall–Kier alpha value is -1.85. The third-order valence-electron chi connectivity index (χ3n) is 5.74. The van der Waals surface area contributed by atoms with Gasteiger partial charge in [0.2, 0.25) is 0 Å². The van der Waals surface area contributed by atoms with Gasteiger partial charge in [0.15, 0.2) is 0 Å². The molecule has 4 nitrogen and oxygen atoms in total. The summed E-state index contributed by atoms with van der Waals surface area (Å²) < 4.78 is 0.925. The van der Waals surface area contributed by atoms with Crippen LogP contribution in [0.3, 0.4) is 0 Å². The number of rotatable bonds is 5. The zero-order chi connectivity index (χ0) is 18.8. The number of likely N-dealkylation sites (tertiary alicyclic amines) is 1. The maximum absolute atomic E-state index is 12.6. The van der Waals surface area contributed by atoms with Crippen LogP contribution in [0.15, 0.2) is 46.9 Å². The molecule has 1 atom stereocenters. The SMILES string of the molecule is CN1CCc2cc([C@@H](CNC(=O)c3cccc(Br)c3)N3CCCC3)ccc21. The first-order valence-corrected chi connectivity index (χ1v) is 10.5. The largest absolute Gasteiger partial charge is 0.374 e. The van der Waals surface area contributed by atoms with E-state index in [1.165, 1.54) is 29.7 Å². The fourth-order valence-corrected chi connectivity index (χ4v) is 4.63. The summed E-state index contributed by atoms with van der Waals surface area (Å²) in [4.78, 5) is 17.5. The molecule has 2 aromatic rings. The summed E-state index contributed by atoms with van der Waals surface area (Å²) >= 11 is 3.44. The van der Waals surface area contributed by atoms with Gasteiger partial charge in [0.1, 0.15) is 0 Å². The number of nitrogens with one attached hydrogen (secondary N) is 1. The average molecular weight is 428 g/mol. The highest BCUT2D eigenvalue weighted by atomic mass is 79.9. The lowest BCUT2D eigenvalue weighted by molar-refractivity contribution is 0.0938. The van der Waals surface area contributed by atoms with E-state index in [-0.39, 0.29) is 11.9 Å². The van der Waals surface area contributed by atoms with Gasteiger partial charge in [-0.05, 0) is 67.7 Å². The van der Waals surface area contributed by atoms with Crippen molar-refractivity contribution < 1.29 is 4.79 Å². The molecule has 0 aliphatic carbocycles. The van der Waals surface area contributed by atoms with Crippen LogP contribution in [0.5, 0.6) is 0 Å². The first-order chi connectivity index (χ1) is 13.1. The van der Waals surface area contributed by atoms with Gasteiger partial charge in [0.25, 0.3) is 5.91 Å². The Morgan fingerprint density at radius 3 is 2.74 bits per heavy atom. The van der Waals surface area contributed by atoms with Crippen LogP contribution in [-0.2, 0) is 6.42 Å². The van der Waals surface area contributed by atoms with Crippen LogP contribution >= 0.6 is 15.9 Å². The summed E-state index contributed by atoms with van der Waals surface area (Å²) in [5.41, 5.74) is 4.79. The molecule has 2 aliphatic heterocycles. The third-order valence-corrected chi connectivity index (χ3v) is 6.23. The van der Waals surface area contributed by atoms with Crippen molar-refractivity contribution in [3.8, 4) is 0 Å². The molecule has 4 rings (SSSR count). The molecule has 1 amide bonds. The summed E-state index contributed by atoms with van der Waals surface area (Å²) in [6, 6.07) is 14.6. The number of likely N-dealkylation sites (N-methyl/N-ethyl adjacent to an activating group) is 1. The van der Waals surface area contributed by atoms with Crippen LogP contribution in [0.1, 0.15) is 40.4 Å². The van der Waals surface area contributed by atoms with E-state index < -0.39 is 0 Å². The van der Waals surface area contributed by atoms with Gasteiger partial charge in [-0.3, -0.25) is 9.69 Å². The Morgan fingerprint density at radius 2 is 1.96 bits per heavy atom. The second kappa shape index (κ2) is 8.03. The summed E-state index contributed by atoms with van der Waals surface area (Å²) in [6.45, 7) is 3.94. The first-order valence-electron chi connectivity index (χ1n) is 9.73. The Morgan fingerprint density at radius 1 is 1.15 bits per heavy atom. The van der Waals surface area contributed by atoms with Gasteiger partial charge in [-0.25, -0.2) is 0 Å². The highest BCUT2D eigenvalue weighted by molar-refractivity contribution is 9.10. The molecule has 27 heavy (non-hydrogen) atoms. The van der Waals surface area contributed by atoms with Crippen LogP contribution in [0, 0.1) is 0 Å². The minimum Gasteiger partial charge on any atom is -0.374 e. The molecule has 1 N–H and O–H groups in total. The Bertz CT molecular complexity index is 832. The van der Waals surface area contributed by atoms with Crippen molar-refractivity contribution in [3.05, 3.63) is 63.6 Å². The molecule has 142 valence electrons. The molecule has 2 heterocycles. The smallest absolute Gasteiger partial charge is 0.251 e. The number of hydrogen-bond donors (Lipinski definition) is 1. The molecular weight excluding hydrogens is 402 g/mol. The second-order valence-electron chi connectivity index (χ2n) is 7.54. The highest BCUT2D eigenvalue weighted by Crippen LogP contribution is 2.32. The van der Waals surface area contributed by atoms with Crippen molar-refractivity contribution >= 4 is 27.5 Å². The second-order valence-corrected chi connectivity index (χ2v) is 8.45. The molecule has 5 heteroatoms. The van der Waals surface area contributed by atoms with Crippen molar-refractivity contribution in [2.75, 3.05) is 38.1 Å². The zero-order valence-corrected chi connectivity index (χ0v) is 17.3. The van der Waals surface area contributed by atoms with E-state index in [1.807, 2.05) is 24.3 Å². The lowest BCUT2D eigenvalue weighted by atomic mass is 10.0. The van der Waals surface area contributed by atoms with Gasteiger partial charge in [0.05, 0.1) is 6.04 Å². The predicted molar refractivity (Wildman–Crippen MR) is 113 cm³/mol. The van der Waals surface area contributed by atoms with Crippen LogP contribution < -0.4 is 10.2 Å². The maximum Gasteiger partial charge on any atom is 0.251 e. The zero-order valence-electron chi connectivity index (χ0n) is 15.7. The van der Waals surface area contributed by atoms with Crippen LogP contribution in [0.25, 0.3) is 0 Å². The van der Waals surface area contributed by atoms with Gasteiger partial charge < -0.3 is 10.2 Å². The van der Waals surface area contributed by atoms with Crippen molar-refractivity contribution in [1.29, 1.82) is 0 Å². The Labute approximate surface area is 169 Å². The number of carbonyl (C=O) groups is 1. The molecule has 0 saturated carbocycles. The van der Waals surface area contributed by atoms with Crippen LogP contribution in [-0.4, -0.2) is 44.0 Å². The van der Waals surface area contributed by atoms with E-state index in [1.54, 1.807) is 0 Å². The molecular formula is C22H26BrN3O. The van der Waals surface area contributed by atoms with E-state index in [0.717, 1.165) is 30.5 Å². The molecule has 0 aromatic heterocycles. The van der Waals surface area contributed by atoms with E-state index in [4.69, 9.17) is 0 Å². The van der Waals surface area contributed by atoms with Gasteiger partial charge in [-0.2, -0.15) is 0 Å². The lowest BCUT2D eigenvalue weighted by Crippen LogP contribution is -2.36. The van der Waals surface area contributed by atoms with Gasteiger partial charge >= 0.3 is 0 Å². The minimum absolute atomic E-state index is 0.0126. The number of nitrogens with zero attached hydrogens (tertiary/aromatic N) is 2. The Kier molecular flexibility index (Phi) is 5.50. The number of fused-ring (bicyclic) bond motifs is 1. The lowest BCUT2D eigenvalue weighted by Gasteiger charge is -2.29. The number of halogens is 1. The van der Waals surface area contributed by atoms with Gasteiger partial charge in [0, 0.05) is 35.9 Å². The molecule has 2 aliphatic rings. The van der Waals surface area contributed by atoms with Gasteiger partial charge in [-0.1, -0.05) is 34.1 Å². The maximum atomic E-state index is 12.6. The standard InChI is InChI=1S/C22H26BrN3O/c1-25-12-9-17-13-16(7-8-20(17)25)21(26-10-2-3-11-26)15-24-22(27)18-5-4-6-19(23)14-18/h4-8,13-14,21H,2-3,9-12,15H2,1H3,(H,24,27)/t21-/m1/s1. The van der Waals surface area contributed by atoms with Crippen LogP contribution in [0.4, 0.5) is 5.69 Å². The van der Waals surface area contributed by atoms with Crippen molar-refractivity contribution in [1.82, 2.24) is 10.2 Å². The quantitative estimate of drug-likeness (QED) is 0.782. The first kappa shape index (κ1) is 18.5. The minimum atomic E-state index is -0.0126. The number of benzene rings is 2. The van der Waals surface area contributed by atoms with Crippen molar-refractivity contribution in [3.63, 3.8) is 0 Å². The summed E-state index contributed by atoms with van der Waals surface area (Å²) in [7, 11) is 2.15. The fraction of sp³-hybridized carbons (Fsp3) is 0.409.